The van der Waals surface area contributed by atoms with Gasteiger partial charge in [-0.25, -0.2) is 0 Å². The highest BCUT2D eigenvalue weighted by Crippen LogP contribution is 2.38. The third-order valence-corrected chi connectivity index (χ3v) is 7.07. The van der Waals surface area contributed by atoms with E-state index in [1.54, 1.807) is 24.3 Å². The van der Waals surface area contributed by atoms with Gasteiger partial charge in [-0.2, -0.15) is 0 Å². The molecule has 0 aliphatic heterocycles. The lowest BCUT2D eigenvalue weighted by Gasteiger charge is -2.18. The Kier molecular flexibility index (Phi) is 8.13. The predicted molar refractivity (Wildman–Crippen MR) is 146 cm³/mol. The lowest BCUT2D eigenvalue weighted by Crippen LogP contribution is -2.19. The first-order valence-electron chi connectivity index (χ1n) is 10.9. The van der Waals surface area contributed by atoms with Gasteiger partial charge in [0.1, 0.15) is 5.25 Å². The zero-order valence-corrected chi connectivity index (χ0v) is 21.1. The Hall–Kier alpha value is -3.25. The summed E-state index contributed by atoms with van der Waals surface area (Å²) in [6.07, 6.45) is 0. The van der Waals surface area contributed by atoms with Gasteiger partial charge >= 0.3 is 0 Å². The van der Waals surface area contributed by atoms with E-state index in [0.717, 1.165) is 16.0 Å². The highest BCUT2D eigenvalue weighted by molar-refractivity contribution is 8.00. The molecular weight excluding hydrogens is 499 g/mol. The molecule has 2 N–H and O–H groups in total. The SMILES string of the molecule is Cc1ccccc1C(=O)Nc1cccc(SC(C(=O)Nc2cc(Cl)ccc2Cl)c2ccccc2)c1. The molecule has 0 saturated carbocycles. The fraction of sp³-hybridized carbons (Fsp3) is 0.0714. The molecule has 0 radical (unpaired) electrons. The van der Waals surface area contributed by atoms with Crippen molar-refractivity contribution in [3.63, 3.8) is 0 Å². The minimum absolute atomic E-state index is 0.182. The second-order valence-electron chi connectivity index (χ2n) is 7.82. The van der Waals surface area contributed by atoms with Crippen molar-refractivity contribution in [1.82, 2.24) is 0 Å². The van der Waals surface area contributed by atoms with E-state index in [9.17, 15) is 9.59 Å². The molecule has 1 unspecified atom stereocenters. The van der Waals surface area contributed by atoms with Gasteiger partial charge in [-0.3, -0.25) is 9.59 Å². The summed E-state index contributed by atoms with van der Waals surface area (Å²) < 4.78 is 0. The normalized spacial score (nSPS) is 11.5. The molecule has 0 bridgehead atoms. The van der Waals surface area contributed by atoms with Crippen molar-refractivity contribution in [3.05, 3.63) is 124 Å². The summed E-state index contributed by atoms with van der Waals surface area (Å²) in [5.41, 5.74) is 3.45. The number of carbonyl (C=O) groups excluding carboxylic acids is 2. The number of nitrogens with one attached hydrogen (secondary N) is 2. The Bertz CT molecular complexity index is 1360. The monoisotopic (exact) mass is 520 g/mol. The minimum atomic E-state index is -0.562. The number of hydrogen-bond acceptors (Lipinski definition) is 3. The molecule has 0 aliphatic carbocycles. The van der Waals surface area contributed by atoms with Gasteiger partial charge in [-0.05, 0) is 60.5 Å². The maximum atomic E-state index is 13.4. The van der Waals surface area contributed by atoms with Gasteiger partial charge in [0.15, 0.2) is 0 Å². The van der Waals surface area contributed by atoms with Crippen molar-refractivity contribution in [1.29, 1.82) is 0 Å². The van der Waals surface area contributed by atoms with Gasteiger partial charge < -0.3 is 10.6 Å². The first-order valence-corrected chi connectivity index (χ1v) is 12.5. The molecule has 1 atom stereocenters. The van der Waals surface area contributed by atoms with Crippen molar-refractivity contribution >= 4 is 58.2 Å². The van der Waals surface area contributed by atoms with Crippen molar-refractivity contribution in [2.75, 3.05) is 10.6 Å². The Morgan fingerprint density at radius 2 is 1.54 bits per heavy atom. The zero-order valence-electron chi connectivity index (χ0n) is 18.8. The van der Waals surface area contributed by atoms with E-state index in [0.29, 0.717) is 27.0 Å². The van der Waals surface area contributed by atoms with Crippen LogP contribution in [-0.4, -0.2) is 11.8 Å². The molecular formula is C28H22Cl2N2O2S. The number of thioether (sulfide) groups is 1. The summed E-state index contributed by atoms with van der Waals surface area (Å²) in [5.74, 6) is -0.419. The van der Waals surface area contributed by atoms with Crippen LogP contribution in [0, 0.1) is 6.92 Å². The maximum absolute atomic E-state index is 13.4. The van der Waals surface area contributed by atoms with Gasteiger partial charge in [0.2, 0.25) is 5.91 Å². The molecule has 0 spiro atoms. The fourth-order valence-corrected chi connectivity index (χ4v) is 4.92. The number of benzene rings is 4. The van der Waals surface area contributed by atoms with Crippen LogP contribution in [0.2, 0.25) is 10.0 Å². The lowest BCUT2D eigenvalue weighted by atomic mass is 10.1. The second-order valence-corrected chi connectivity index (χ2v) is 9.84. The van der Waals surface area contributed by atoms with Crippen molar-refractivity contribution < 1.29 is 9.59 Å². The number of rotatable bonds is 7. The summed E-state index contributed by atoms with van der Waals surface area (Å²) in [7, 11) is 0. The molecule has 7 heteroatoms. The average molecular weight is 521 g/mol. The number of anilines is 2. The number of amides is 2. The van der Waals surface area contributed by atoms with Crippen LogP contribution in [0.4, 0.5) is 11.4 Å². The van der Waals surface area contributed by atoms with E-state index in [4.69, 9.17) is 23.2 Å². The van der Waals surface area contributed by atoms with E-state index in [-0.39, 0.29) is 11.8 Å². The van der Waals surface area contributed by atoms with E-state index < -0.39 is 5.25 Å². The van der Waals surface area contributed by atoms with Gasteiger partial charge in [0.05, 0.1) is 10.7 Å². The molecule has 0 saturated heterocycles. The number of carbonyl (C=O) groups is 2. The van der Waals surface area contributed by atoms with Crippen LogP contribution in [0.25, 0.3) is 0 Å². The molecule has 4 rings (SSSR count). The fourth-order valence-electron chi connectivity index (χ4n) is 3.50. The highest BCUT2D eigenvalue weighted by atomic mass is 35.5. The second kappa shape index (κ2) is 11.5. The first-order chi connectivity index (χ1) is 16.9. The Balaban J connectivity index is 1.57. The molecule has 2 amide bonds. The lowest BCUT2D eigenvalue weighted by molar-refractivity contribution is -0.115. The summed E-state index contributed by atoms with van der Waals surface area (Å²) in [6, 6.07) is 29.3. The molecule has 0 aromatic heterocycles. The highest BCUT2D eigenvalue weighted by Gasteiger charge is 2.23. The van der Waals surface area contributed by atoms with Crippen LogP contribution in [0.15, 0.2) is 102 Å². The first kappa shape index (κ1) is 24.9. The van der Waals surface area contributed by atoms with Crippen LogP contribution in [0.3, 0.4) is 0 Å². The van der Waals surface area contributed by atoms with E-state index >= 15 is 0 Å². The third kappa shape index (κ3) is 6.45. The standard InChI is InChI=1S/C28H22Cl2N2O2S/c1-18-8-5-6-13-23(18)27(33)31-21-11-7-12-22(17-21)35-26(19-9-3-2-4-10-19)28(34)32-25-16-20(29)14-15-24(25)30/h2-17,26H,1H3,(H,31,33)(H,32,34). The van der Waals surface area contributed by atoms with Crippen LogP contribution >= 0.6 is 35.0 Å². The van der Waals surface area contributed by atoms with Gasteiger partial charge in [-0.15, -0.1) is 11.8 Å². The van der Waals surface area contributed by atoms with Crippen molar-refractivity contribution in [2.24, 2.45) is 0 Å². The zero-order chi connectivity index (χ0) is 24.8. The van der Waals surface area contributed by atoms with Crippen molar-refractivity contribution in [2.45, 2.75) is 17.1 Å². The summed E-state index contributed by atoms with van der Waals surface area (Å²) >= 11 is 13.7. The smallest absolute Gasteiger partial charge is 0.255 e. The maximum Gasteiger partial charge on any atom is 0.255 e. The number of aryl methyl sites for hydroxylation is 1. The van der Waals surface area contributed by atoms with E-state index in [2.05, 4.69) is 10.6 Å². The van der Waals surface area contributed by atoms with Crippen LogP contribution in [0.5, 0.6) is 0 Å². The largest absolute Gasteiger partial charge is 0.323 e. The average Bonchev–Trinajstić information content (AvgIpc) is 2.85. The summed E-state index contributed by atoms with van der Waals surface area (Å²) in [6.45, 7) is 1.90. The van der Waals surface area contributed by atoms with Crippen LogP contribution in [0.1, 0.15) is 26.7 Å². The van der Waals surface area contributed by atoms with Crippen LogP contribution < -0.4 is 10.6 Å². The summed E-state index contributed by atoms with van der Waals surface area (Å²) in [4.78, 5) is 26.9. The Morgan fingerprint density at radius 1 is 0.800 bits per heavy atom. The molecule has 4 nitrogen and oxygen atoms in total. The number of hydrogen-bond donors (Lipinski definition) is 2. The van der Waals surface area contributed by atoms with Gasteiger partial charge in [-0.1, -0.05) is 77.8 Å². The molecule has 0 fully saturated rings. The molecule has 176 valence electrons. The minimum Gasteiger partial charge on any atom is -0.323 e. The van der Waals surface area contributed by atoms with Crippen molar-refractivity contribution in [3.8, 4) is 0 Å². The van der Waals surface area contributed by atoms with Crippen LogP contribution in [-0.2, 0) is 4.79 Å². The molecule has 4 aromatic carbocycles. The topological polar surface area (TPSA) is 58.2 Å². The predicted octanol–water partition coefficient (Wildman–Crippen LogP) is 8.03. The molecule has 35 heavy (non-hydrogen) atoms. The van der Waals surface area contributed by atoms with E-state index in [1.165, 1.54) is 11.8 Å². The van der Waals surface area contributed by atoms with Gasteiger partial charge in [0.25, 0.3) is 5.91 Å². The van der Waals surface area contributed by atoms with E-state index in [1.807, 2.05) is 79.7 Å². The summed E-state index contributed by atoms with van der Waals surface area (Å²) in [5, 5.41) is 6.17. The molecule has 4 aromatic rings. The van der Waals surface area contributed by atoms with Gasteiger partial charge in [0, 0.05) is 21.2 Å². The quantitative estimate of drug-likeness (QED) is 0.242. The molecule has 0 aliphatic rings. The number of halogens is 2. The molecule has 0 heterocycles. The third-order valence-electron chi connectivity index (χ3n) is 5.26. The Labute approximate surface area is 218 Å². The Morgan fingerprint density at radius 3 is 2.31 bits per heavy atom.